The summed E-state index contributed by atoms with van der Waals surface area (Å²) < 4.78 is 16.0. The van der Waals surface area contributed by atoms with Crippen LogP contribution in [0.5, 0.6) is 17.2 Å². The van der Waals surface area contributed by atoms with E-state index < -0.39 is 6.09 Å². The molecule has 0 spiro atoms. The molecule has 0 bridgehead atoms. The van der Waals surface area contributed by atoms with Gasteiger partial charge < -0.3 is 35.1 Å². The van der Waals surface area contributed by atoms with Gasteiger partial charge in [-0.2, -0.15) is 0 Å². The number of amides is 2. The first-order chi connectivity index (χ1) is 16.0. The number of hydrogen-bond donors (Lipinski definition) is 3. The third-order valence-corrected chi connectivity index (χ3v) is 5.44. The number of para-hydroxylation sites is 2. The topological polar surface area (TPSA) is 119 Å². The molecule has 0 unspecified atom stereocenters. The van der Waals surface area contributed by atoms with E-state index in [0.717, 1.165) is 17.0 Å². The Morgan fingerprint density at radius 2 is 1.88 bits per heavy atom. The van der Waals surface area contributed by atoms with Crippen molar-refractivity contribution in [3.8, 4) is 17.2 Å². The van der Waals surface area contributed by atoms with Crippen LogP contribution in [-0.4, -0.2) is 42.6 Å². The molecule has 2 heterocycles. The van der Waals surface area contributed by atoms with Gasteiger partial charge in [0, 0.05) is 30.4 Å². The summed E-state index contributed by atoms with van der Waals surface area (Å²) in [4.78, 5) is 30.1. The summed E-state index contributed by atoms with van der Waals surface area (Å²) in [6, 6.07) is 14.0. The van der Waals surface area contributed by atoms with Crippen LogP contribution in [0.4, 0.5) is 16.2 Å². The Kier molecular flexibility index (Phi) is 6.39. The second-order valence-electron chi connectivity index (χ2n) is 7.67. The van der Waals surface area contributed by atoms with E-state index in [9.17, 15) is 9.59 Å². The van der Waals surface area contributed by atoms with E-state index in [1.54, 1.807) is 42.3 Å². The summed E-state index contributed by atoms with van der Waals surface area (Å²) in [6.07, 6.45) is 0.369. The molecule has 1 aliphatic rings. The van der Waals surface area contributed by atoms with Crippen LogP contribution in [0.25, 0.3) is 0 Å². The van der Waals surface area contributed by atoms with Crippen LogP contribution in [0.1, 0.15) is 17.0 Å². The van der Waals surface area contributed by atoms with Crippen LogP contribution < -0.4 is 25.3 Å². The van der Waals surface area contributed by atoms with Gasteiger partial charge in [-0.15, -0.1) is 0 Å². The Hall–Kier alpha value is -4.14. The minimum absolute atomic E-state index is 0.170. The number of nitrogens with two attached hydrogens (primary N) is 1. The SMILES string of the molecule is COc1ccc(OC(=O)N2CCc3[nH]c(CC(=O)Nc4ccccc4N)cc3C2)cc1OC. The Morgan fingerprint density at radius 3 is 2.64 bits per heavy atom. The number of nitrogens with zero attached hydrogens (tertiary/aromatic N) is 1. The van der Waals surface area contributed by atoms with Crippen LogP contribution in [0, 0.1) is 0 Å². The average Bonchev–Trinajstić information content (AvgIpc) is 3.21. The zero-order valence-corrected chi connectivity index (χ0v) is 18.5. The van der Waals surface area contributed by atoms with Crippen molar-refractivity contribution in [3.63, 3.8) is 0 Å². The smallest absolute Gasteiger partial charge is 0.415 e. The van der Waals surface area contributed by atoms with Crippen LogP contribution in [0.15, 0.2) is 48.5 Å². The van der Waals surface area contributed by atoms with E-state index in [0.29, 0.717) is 48.1 Å². The molecule has 0 radical (unpaired) electrons. The summed E-state index contributed by atoms with van der Waals surface area (Å²) in [7, 11) is 3.06. The van der Waals surface area contributed by atoms with Crippen molar-refractivity contribution in [3.05, 3.63) is 65.5 Å². The monoisotopic (exact) mass is 450 g/mol. The molecule has 0 atom stereocenters. The van der Waals surface area contributed by atoms with E-state index in [-0.39, 0.29) is 12.3 Å². The highest BCUT2D eigenvalue weighted by Crippen LogP contribution is 2.31. The van der Waals surface area contributed by atoms with Crippen molar-refractivity contribution in [2.24, 2.45) is 0 Å². The first kappa shape index (κ1) is 22.1. The number of ether oxygens (including phenoxy) is 3. The first-order valence-electron chi connectivity index (χ1n) is 10.5. The number of benzene rings is 2. The zero-order chi connectivity index (χ0) is 23.4. The fourth-order valence-corrected chi connectivity index (χ4v) is 3.78. The van der Waals surface area contributed by atoms with Crippen LogP contribution in [0.3, 0.4) is 0 Å². The summed E-state index contributed by atoms with van der Waals surface area (Å²) in [5.41, 5.74) is 9.75. The largest absolute Gasteiger partial charge is 0.493 e. The molecule has 9 heteroatoms. The normalized spacial score (nSPS) is 12.6. The van der Waals surface area contributed by atoms with Gasteiger partial charge in [-0.05, 0) is 35.9 Å². The number of aromatic amines is 1. The average molecular weight is 450 g/mol. The van der Waals surface area contributed by atoms with Crippen molar-refractivity contribution < 1.29 is 23.8 Å². The van der Waals surface area contributed by atoms with E-state index in [1.807, 2.05) is 18.2 Å². The molecule has 1 aliphatic heterocycles. The Labute approximate surface area is 191 Å². The molecule has 3 aromatic rings. The van der Waals surface area contributed by atoms with E-state index in [2.05, 4.69) is 10.3 Å². The summed E-state index contributed by atoms with van der Waals surface area (Å²) in [6.45, 7) is 0.900. The predicted molar refractivity (Wildman–Crippen MR) is 124 cm³/mol. The molecule has 0 fully saturated rings. The number of methoxy groups -OCH3 is 2. The van der Waals surface area contributed by atoms with Crippen molar-refractivity contribution in [1.29, 1.82) is 0 Å². The van der Waals surface area contributed by atoms with Crippen molar-refractivity contribution >= 4 is 23.4 Å². The number of nitrogens with one attached hydrogen (secondary N) is 2. The number of H-pyrrole nitrogens is 1. The highest BCUT2D eigenvalue weighted by molar-refractivity contribution is 5.94. The van der Waals surface area contributed by atoms with Crippen LogP contribution >= 0.6 is 0 Å². The molecular weight excluding hydrogens is 424 g/mol. The maximum absolute atomic E-state index is 12.7. The molecule has 0 aliphatic carbocycles. The van der Waals surface area contributed by atoms with Gasteiger partial charge in [-0.3, -0.25) is 4.79 Å². The summed E-state index contributed by atoms with van der Waals surface area (Å²) in [5.74, 6) is 1.24. The molecule has 4 N–H and O–H groups in total. The van der Waals surface area contributed by atoms with Crippen LogP contribution in [0.2, 0.25) is 0 Å². The molecule has 172 valence electrons. The Bertz CT molecular complexity index is 1170. The number of hydrogen-bond acceptors (Lipinski definition) is 6. The third kappa shape index (κ3) is 5.03. The number of carbonyl (C=O) groups excluding carboxylic acids is 2. The van der Waals surface area contributed by atoms with Crippen molar-refractivity contribution in [2.45, 2.75) is 19.4 Å². The van der Waals surface area contributed by atoms with Crippen molar-refractivity contribution in [2.75, 3.05) is 31.8 Å². The van der Waals surface area contributed by atoms with Crippen LogP contribution in [-0.2, 0) is 24.2 Å². The molecule has 33 heavy (non-hydrogen) atoms. The van der Waals surface area contributed by atoms with E-state index in [4.69, 9.17) is 19.9 Å². The Morgan fingerprint density at radius 1 is 1.09 bits per heavy atom. The van der Waals surface area contributed by atoms with Gasteiger partial charge in [-0.25, -0.2) is 4.79 Å². The maximum atomic E-state index is 12.7. The molecule has 1 aromatic heterocycles. The second-order valence-corrected chi connectivity index (χ2v) is 7.67. The maximum Gasteiger partial charge on any atom is 0.415 e. The summed E-state index contributed by atoms with van der Waals surface area (Å²) >= 11 is 0. The van der Waals surface area contributed by atoms with Gasteiger partial charge in [0.2, 0.25) is 5.91 Å². The number of rotatable bonds is 6. The third-order valence-electron chi connectivity index (χ3n) is 5.44. The van der Waals surface area contributed by atoms with Gasteiger partial charge >= 0.3 is 6.09 Å². The number of carbonyl (C=O) groups is 2. The second kappa shape index (κ2) is 9.56. The predicted octanol–water partition coefficient (Wildman–Crippen LogP) is 3.35. The minimum atomic E-state index is -0.451. The van der Waals surface area contributed by atoms with Crippen molar-refractivity contribution in [1.82, 2.24) is 9.88 Å². The van der Waals surface area contributed by atoms with E-state index >= 15 is 0 Å². The lowest BCUT2D eigenvalue weighted by Gasteiger charge is -2.26. The number of nitrogen functional groups attached to an aromatic ring is 1. The molecule has 0 saturated carbocycles. The number of aromatic nitrogens is 1. The summed E-state index contributed by atoms with van der Waals surface area (Å²) in [5, 5.41) is 2.82. The Balaban J connectivity index is 1.37. The fourth-order valence-electron chi connectivity index (χ4n) is 3.78. The number of fused-ring (bicyclic) bond motifs is 1. The number of anilines is 2. The highest BCUT2D eigenvalue weighted by Gasteiger charge is 2.25. The fraction of sp³-hybridized carbons (Fsp3) is 0.250. The van der Waals surface area contributed by atoms with Gasteiger partial charge in [0.1, 0.15) is 5.75 Å². The standard InChI is InChI=1S/C24H26N4O5/c1-31-21-8-7-17(13-22(21)32-2)33-24(30)28-10-9-19-15(14-28)11-16(26-19)12-23(29)27-20-6-4-3-5-18(20)25/h3-8,11,13,26H,9-10,12,14,25H2,1-2H3,(H,27,29). The molecule has 2 amide bonds. The zero-order valence-electron chi connectivity index (χ0n) is 18.5. The molecule has 0 saturated heterocycles. The lowest BCUT2D eigenvalue weighted by atomic mass is 10.1. The minimum Gasteiger partial charge on any atom is -0.493 e. The van der Waals surface area contributed by atoms with Gasteiger partial charge in [-0.1, -0.05) is 12.1 Å². The lowest BCUT2D eigenvalue weighted by molar-refractivity contribution is -0.115. The molecular formula is C24H26N4O5. The first-order valence-corrected chi connectivity index (χ1v) is 10.5. The molecule has 9 nitrogen and oxygen atoms in total. The lowest BCUT2D eigenvalue weighted by Crippen LogP contribution is -2.37. The quantitative estimate of drug-likeness (QED) is 0.496. The molecule has 2 aromatic carbocycles. The molecule has 4 rings (SSSR count). The highest BCUT2D eigenvalue weighted by atomic mass is 16.6. The van der Waals surface area contributed by atoms with Gasteiger partial charge in [0.25, 0.3) is 0 Å². The van der Waals surface area contributed by atoms with Gasteiger partial charge in [0.15, 0.2) is 11.5 Å². The van der Waals surface area contributed by atoms with E-state index in [1.165, 1.54) is 7.11 Å². The van der Waals surface area contributed by atoms with Gasteiger partial charge in [0.05, 0.1) is 38.6 Å².